The zero-order valence-corrected chi connectivity index (χ0v) is 32.4. The molecule has 2 amide bonds. The lowest BCUT2D eigenvalue weighted by Crippen LogP contribution is -2.53. The highest BCUT2D eigenvalue weighted by molar-refractivity contribution is 6.38. The molecule has 0 radical (unpaired) electrons. The fraction of sp³-hybridized carbons (Fsp3) is 0.641. The van der Waals surface area contributed by atoms with Crippen LogP contribution in [0.25, 0.3) is 0 Å². The number of aryl methyl sites for hydroxylation is 1. The number of ether oxygens (including phenoxy) is 3. The lowest BCUT2D eigenvalue weighted by Gasteiger charge is -2.34. The van der Waals surface area contributed by atoms with Crippen LogP contribution in [0.4, 0.5) is 5.69 Å². The van der Waals surface area contributed by atoms with E-state index in [4.69, 9.17) is 24.1 Å². The predicted octanol–water partition coefficient (Wildman–Crippen LogP) is 4.76. The third-order valence-corrected chi connectivity index (χ3v) is 8.06. The number of carbonyl (C=O) groups is 6. The molecule has 0 spiro atoms. The minimum Gasteiger partial charge on any atom is -0.480 e. The number of allylic oxidation sites excluding steroid dienone is 1. The first-order valence-electron chi connectivity index (χ1n) is 17.9. The SMILES string of the molecule is C=CC=O.COC(C)(C)C.COCC(C)(C)C(=O)C(=O)N1CCCCC1C(=O)O.O=CCCC(=O)Nc1cccc(CCCCN2CCOCC2)c1. The standard InChI is InChI=1S/C18H26N2O3.C13H21NO5.C5H12O.C3H4O/c21-12-4-8-18(22)19-17-7-3-6-16(15-17)5-1-2-9-20-10-13-23-14-11-20;1-13(2,8-19-3)10(15)11(16)14-7-5-4-6-9(14)12(17)18;1-5(2,3)6-4;1-2-3-4/h3,6-7,12,15H,1-2,4-5,8-11,13-14H2,(H,19,22);9H,4-8H2,1-3H3,(H,17,18);1-4H3;2-3H,1H2. The highest BCUT2D eigenvalue weighted by Crippen LogP contribution is 2.23. The van der Waals surface area contributed by atoms with Gasteiger partial charge in [0.2, 0.25) is 11.7 Å². The molecule has 13 heteroatoms. The van der Waals surface area contributed by atoms with Crippen LogP contribution in [-0.2, 0) is 49.4 Å². The number of aliphatic carboxylic acids is 1. The average molecular weight is 734 g/mol. The normalized spacial score (nSPS) is 15.9. The van der Waals surface area contributed by atoms with Gasteiger partial charge in [0.1, 0.15) is 18.6 Å². The van der Waals surface area contributed by atoms with Crippen LogP contribution in [-0.4, -0.2) is 123 Å². The number of likely N-dealkylation sites (tertiary alicyclic amines) is 1. The summed E-state index contributed by atoms with van der Waals surface area (Å²) in [5.41, 5.74) is 1.15. The molecule has 13 nitrogen and oxygen atoms in total. The molecular formula is C39H63N3O10. The molecule has 2 heterocycles. The first-order valence-corrected chi connectivity index (χ1v) is 17.9. The van der Waals surface area contributed by atoms with E-state index in [0.29, 0.717) is 19.3 Å². The van der Waals surface area contributed by atoms with Crippen molar-refractivity contribution in [3.63, 3.8) is 0 Å². The van der Waals surface area contributed by atoms with E-state index in [0.717, 1.165) is 70.5 Å². The molecule has 0 aromatic heterocycles. The number of anilines is 1. The van der Waals surface area contributed by atoms with Crippen LogP contribution < -0.4 is 5.32 Å². The summed E-state index contributed by atoms with van der Waals surface area (Å²) in [7, 11) is 3.17. The van der Waals surface area contributed by atoms with Crippen molar-refractivity contribution in [2.24, 2.45) is 5.41 Å². The molecular weight excluding hydrogens is 670 g/mol. The Labute approximate surface area is 310 Å². The van der Waals surface area contributed by atoms with E-state index in [1.807, 2.05) is 39.0 Å². The molecule has 1 atom stereocenters. The topological polar surface area (TPSA) is 169 Å². The van der Waals surface area contributed by atoms with Gasteiger partial charge in [-0.25, -0.2) is 4.79 Å². The van der Waals surface area contributed by atoms with Crippen molar-refractivity contribution < 1.29 is 48.1 Å². The summed E-state index contributed by atoms with van der Waals surface area (Å²) in [6.45, 7) is 17.8. The molecule has 0 aliphatic carbocycles. The Bertz CT molecular complexity index is 1230. The summed E-state index contributed by atoms with van der Waals surface area (Å²) in [4.78, 5) is 70.1. The quantitative estimate of drug-likeness (QED) is 0.110. The summed E-state index contributed by atoms with van der Waals surface area (Å²) in [5, 5.41) is 12.0. The third kappa shape index (κ3) is 21.6. The van der Waals surface area contributed by atoms with Gasteiger partial charge < -0.3 is 34.3 Å². The van der Waals surface area contributed by atoms with Gasteiger partial charge in [-0.2, -0.15) is 0 Å². The van der Waals surface area contributed by atoms with Crippen molar-refractivity contribution in [3.8, 4) is 0 Å². The largest absolute Gasteiger partial charge is 0.480 e. The summed E-state index contributed by atoms with van der Waals surface area (Å²) in [5.74, 6) is -2.47. The lowest BCUT2D eigenvalue weighted by molar-refractivity contribution is -0.158. The van der Waals surface area contributed by atoms with E-state index in [9.17, 15) is 24.0 Å². The number of methoxy groups -OCH3 is 2. The van der Waals surface area contributed by atoms with Crippen molar-refractivity contribution in [3.05, 3.63) is 42.5 Å². The Morgan fingerprint density at radius 1 is 1.02 bits per heavy atom. The summed E-state index contributed by atoms with van der Waals surface area (Å²) < 4.78 is 15.2. The van der Waals surface area contributed by atoms with Gasteiger partial charge >= 0.3 is 5.97 Å². The van der Waals surface area contributed by atoms with E-state index >= 15 is 0 Å². The number of piperidine rings is 1. The molecule has 0 bridgehead atoms. The van der Waals surface area contributed by atoms with Crippen molar-refractivity contribution in [2.45, 2.75) is 97.6 Å². The number of amides is 2. The minimum atomic E-state index is -1.05. The van der Waals surface area contributed by atoms with E-state index in [1.54, 1.807) is 21.0 Å². The molecule has 1 aromatic carbocycles. The van der Waals surface area contributed by atoms with Crippen LogP contribution in [0.2, 0.25) is 0 Å². The molecule has 2 fully saturated rings. The number of morpholine rings is 1. The van der Waals surface area contributed by atoms with Crippen molar-refractivity contribution in [1.29, 1.82) is 0 Å². The Morgan fingerprint density at radius 3 is 2.19 bits per heavy atom. The number of hydrogen-bond donors (Lipinski definition) is 2. The number of carboxylic acids is 1. The number of unbranched alkanes of at least 4 members (excludes halogenated alkanes) is 1. The first-order chi connectivity index (χ1) is 24.6. The maximum Gasteiger partial charge on any atom is 0.326 e. The van der Waals surface area contributed by atoms with E-state index in [2.05, 4.69) is 22.9 Å². The second-order valence-corrected chi connectivity index (χ2v) is 14.0. The summed E-state index contributed by atoms with van der Waals surface area (Å²) in [6, 6.07) is 7.08. The predicted molar refractivity (Wildman–Crippen MR) is 201 cm³/mol. The molecule has 0 saturated carbocycles. The molecule has 2 aliphatic heterocycles. The van der Waals surface area contributed by atoms with Crippen LogP contribution in [0.15, 0.2) is 36.9 Å². The molecule has 2 saturated heterocycles. The van der Waals surface area contributed by atoms with Crippen molar-refractivity contribution in [1.82, 2.24) is 9.80 Å². The van der Waals surface area contributed by atoms with Gasteiger partial charge in [-0.15, -0.1) is 0 Å². The third-order valence-electron chi connectivity index (χ3n) is 8.06. The number of hydrogen-bond acceptors (Lipinski definition) is 10. The van der Waals surface area contributed by atoms with E-state index in [-0.39, 0.29) is 31.0 Å². The second kappa shape index (κ2) is 26.9. The monoisotopic (exact) mass is 733 g/mol. The zero-order valence-electron chi connectivity index (χ0n) is 32.4. The van der Waals surface area contributed by atoms with Gasteiger partial charge in [0.15, 0.2) is 0 Å². The number of rotatable bonds is 15. The number of nitrogens with zero attached hydrogens (tertiary/aromatic N) is 2. The van der Waals surface area contributed by atoms with Crippen LogP contribution in [0.5, 0.6) is 0 Å². The number of carboxylic acid groups (broad SMARTS) is 1. The summed E-state index contributed by atoms with van der Waals surface area (Å²) >= 11 is 0. The first kappa shape index (κ1) is 48.2. The fourth-order valence-corrected chi connectivity index (χ4v) is 4.99. The second-order valence-electron chi connectivity index (χ2n) is 14.0. The van der Waals surface area contributed by atoms with Gasteiger partial charge in [0, 0.05) is 52.4 Å². The molecule has 294 valence electrons. The van der Waals surface area contributed by atoms with Gasteiger partial charge in [-0.1, -0.05) is 32.6 Å². The van der Waals surface area contributed by atoms with E-state index in [1.165, 1.54) is 30.1 Å². The van der Waals surface area contributed by atoms with Gasteiger partial charge in [0.25, 0.3) is 5.91 Å². The molecule has 1 aromatic rings. The molecule has 2 N–H and O–H groups in total. The minimum absolute atomic E-state index is 0.0417. The van der Waals surface area contributed by atoms with Crippen LogP contribution in [0.1, 0.15) is 85.1 Å². The van der Waals surface area contributed by atoms with Crippen LogP contribution >= 0.6 is 0 Å². The van der Waals surface area contributed by atoms with Gasteiger partial charge in [-0.05, 0) is 89.6 Å². The molecule has 3 rings (SSSR count). The van der Waals surface area contributed by atoms with Gasteiger partial charge in [-0.3, -0.25) is 24.1 Å². The van der Waals surface area contributed by atoms with Gasteiger partial charge in [0.05, 0.1) is 30.8 Å². The zero-order chi connectivity index (χ0) is 39.6. The summed E-state index contributed by atoms with van der Waals surface area (Å²) in [6.07, 6.45) is 8.34. The number of ketones is 1. The molecule has 52 heavy (non-hydrogen) atoms. The number of carbonyl (C=O) groups excluding carboxylic acids is 5. The van der Waals surface area contributed by atoms with Crippen molar-refractivity contribution in [2.75, 3.05) is 65.5 Å². The van der Waals surface area contributed by atoms with Crippen LogP contribution in [0.3, 0.4) is 0 Å². The molecule has 2 aliphatic rings. The average Bonchev–Trinajstić information content (AvgIpc) is 3.12. The Morgan fingerprint density at radius 2 is 1.65 bits per heavy atom. The Hall–Kier alpha value is -3.78. The molecule has 1 unspecified atom stereocenters. The number of Topliss-reactive ketones (excluding diaryl/α,β-unsaturated/α-hetero) is 1. The lowest BCUT2D eigenvalue weighted by atomic mass is 9.87. The Balaban J connectivity index is 0.000000803. The highest BCUT2D eigenvalue weighted by Gasteiger charge is 2.40. The maximum atomic E-state index is 12.2. The maximum absolute atomic E-state index is 12.2. The van der Waals surface area contributed by atoms with E-state index < -0.39 is 29.1 Å². The number of nitrogens with one attached hydrogen (secondary N) is 1. The van der Waals surface area contributed by atoms with Crippen LogP contribution in [0, 0.1) is 5.41 Å². The number of aldehydes is 2. The number of benzene rings is 1. The fourth-order valence-electron chi connectivity index (χ4n) is 4.99. The highest BCUT2D eigenvalue weighted by atomic mass is 16.5. The smallest absolute Gasteiger partial charge is 0.326 e. The van der Waals surface area contributed by atoms with Crippen molar-refractivity contribution >= 4 is 41.8 Å². The Kier molecular flexibility index (Phi) is 25.0.